The predicted octanol–water partition coefficient (Wildman–Crippen LogP) is 5.50. The summed E-state index contributed by atoms with van der Waals surface area (Å²) < 4.78 is 48.9. The Bertz CT molecular complexity index is 1790. The minimum Gasteiger partial charge on any atom is -0.461 e. The molecule has 0 N–H and O–H groups in total. The van der Waals surface area contributed by atoms with Crippen LogP contribution in [-0.2, 0) is 19.3 Å². The summed E-state index contributed by atoms with van der Waals surface area (Å²) in [6.45, 7) is 4.89. The van der Waals surface area contributed by atoms with Gasteiger partial charge in [0, 0.05) is 21.8 Å². The Hall–Kier alpha value is -3.63. The molecular weight excluding hydrogens is 543 g/mol. The highest BCUT2D eigenvalue weighted by molar-refractivity contribution is 7.90. The second-order valence-corrected chi connectivity index (χ2v) is 13.7. The van der Waals surface area contributed by atoms with Crippen LogP contribution in [0.4, 0.5) is 0 Å². The molecule has 0 saturated heterocycles. The molecule has 10 heteroatoms. The van der Waals surface area contributed by atoms with Crippen LogP contribution in [0.15, 0.2) is 77.7 Å². The van der Waals surface area contributed by atoms with Gasteiger partial charge in [0.1, 0.15) is 7.14 Å². The van der Waals surface area contributed by atoms with Crippen molar-refractivity contribution in [3.8, 4) is 6.07 Å². The van der Waals surface area contributed by atoms with Gasteiger partial charge in [0.05, 0.1) is 28.4 Å². The third kappa shape index (κ3) is 4.93. The quantitative estimate of drug-likeness (QED) is 0.166. The number of carbonyl (C=O) groups excluding carboxylic acids is 1. The molecule has 1 unspecified atom stereocenters. The van der Waals surface area contributed by atoms with Crippen molar-refractivity contribution in [3.63, 3.8) is 0 Å². The fraction of sp³-hybridized carbons (Fsp3) is 0.143. The summed E-state index contributed by atoms with van der Waals surface area (Å²) in [7, 11) is -7.98. The number of halogens is 1. The molecular formula is C28H24ClN2O5PS. The maximum atomic E-state index is 14.8. The summed E-state index contributed by atoms with van der Waals surface area (Å²) in [5, 5.41) is 9.92. The van der Waals surface area contributed by atoms with Gasteiger partial charge in [0.15, 0.2) is 5.69 Å². The lowest BCUT2D eigenvalue weighted by Crippen LogP contribution is -2.27. The standard InChI is InChI=1S/C28H24ClN2O5PS/c1-4-36-28(32)26-27(37(3,33)22-16-19(2)15-20(17-22)9-8-14-30)24-18-21(29)12-13-25(24)31(26)38(34,35)23-10-6-5-7-11-23/h5-13,15-18H,4H2,1-3H3/b9-8+. The topological polar surface area (TPSA) is 106 Å². The molecule has 7 nitrogen and oxygen atoms in total. The molecule has 194 valence electrons. The van der Waals surface area contributed by atoms with Crippen LogP contribution in [-0.4, -0.2) is 31.6 Å². The number of esters is 1. The SMILES string of the molecule is CCOC(=O)c1c(P(C)(=O)c2cc(C)cc(/C=C/C#N)c2)c2cc(Cl)ccc2n1S(=O)(=O)c1ccccc1. The molecule has 1 heterocycles. The predicted molar refractivity (Wildman–Crippen MR) is 151 cm³/mol. The number of ether oxygens (including phenoxy) is 1. The van der Waals surface area contributed by atoms with Crippen LogP contribution in [0.3, 0.4) is 0 Å². The van der Waals surface area contributed by atoms with E-state index in [1.54, 1.807) is 43.3 Å². The molecule has 0 saturated carbocycles. The second-order valence-electron chi connectivity index (χ2n) is 8.65. The molecule has 0 aliphatic carbocycles. The minimum absolute atomic E-state index is 0.0203. The van der Waals surface area contributed by atoms with E-state index in [0.717, 1.165) is 9.54 Å². The normalized spacial score (nSPS) is 13.3. The first-order chi connectivity index (χ1) is 18.0. The summed E-state index contributed by atoms with van der Waals surface area (Å²) >= 11 is 6.32. The van der Waals surface area contributed by atoms with Gasteiger partial charge in [-0.15, -0.1) is 0 Å². The fourth-order valence-corrected chi connectivity index (χ4v) is 8.49. The summed E-state index contributed by atoms with van der Waals surface area (Å²) in [6.07, 6.45) is 2.89. The molecule has 4 aromatic rings. The number of fused-ring (bicyclic) bond motifs is 1. The van der Waals surface area contributed by atoms with Gasteiger partial charge >= 0.3 is 5.97 Å². The summed E-state index contributed by atoms with van der Waals surface area (Å²) in [6, 6.07) is 19.3. The van der Waals surface area contributed by atoms with Crippen molar-refractivity contribution in [1.82, 2.24) is 3.97 Å². The lowest BCUT2D eigenvalue weighted by Gasteiger charge is -2.18. The summed E-state index contributed by atoms with van der Waals surface area (Å²) in [5.74, 6) is -0.923. The van der Waals surface area contributed by atoms with E-state index in [1.165, 1.54) is 43.1 Å². The van der Waals surface area contributed by atoms with E-state index in [2.05, 4.69) is 0 Å². The molecule has 0 aliphatic rings. The molecule has 0 radical (unpaired) electrons. The zero-order chi connectivity index (χ0) is 27.7. The van der Waals surface area contributed by atoms with Gasteiger partial charge in [-0.2, -0.15) is 5.26 Å². The van der Waals surface area contributed by atoms with Crippen molar-refractivity contribution >= 4 is 62.3 Å². The molecule has 1 aromatic heterocycles. The number of rotatable bonds is 7. The Morgan fingerprint density at radius 2 is 1.84 bits per heavy atom. The maximum absolute atomic E-state index is 14.8. The van der Waals surface area contributed by atoms with E-state index in [-0.39, 0.29) is 38.4 Å². The average molecular weight is 567 g/mol. The number of aryl methyl sites for hydroxylation is 1. The number of carbonyl (C=O) groups is 1. The molecule has 0 aliphatic heterocycles. The van der Waals surface area contributed by atoms with Gasteiger partial charge in [-0.3, -0.25) is 0 Å². The smallest absolute Gasteiger partial charge is 0.356 e. The number of allylic oxidation sites excluding steroid dienone is 1. The molecule has 1 atom stereocenters. The van der Waals surface area contributed by atoms with Crippen LogP contribution in [0.2, 0.25) is 5.02 Å². The number of nitriles is 1. The van der Waals surface area contributed by atoms with E-state index >= 15 is 0 Å². The van der Waals surface area contributed by atoms with E-state index in [0.29, 0.717) is 10.9 Å². The van der Waals surface area contributed by atoms with Crippen molar-refractivity contribution < 1.29 is 22.5 Å². The lowest BCUT2D eigenvalue weighted by atomic mass is 10.1. The van der Waals surface area contributed by atoms with Crippen LogP contribution in [0.1, 0.15) is 28.5 Å². The summed E-state index contributed by atoms with van der Waals surface area (Å²) in [5.41, 5.74) is 1.23. The van der Waals surface area contributed by atoms with Gasteiger partial charge in [-0.05, 0) is 80.2 Å². The van der Waals surface area contributed by atoms with Gasteiger partial charge in [0.2, 0.25) is 0 Å². The largest absolute Gasteiger partial charge is 0.461 e. The molecule has 0 fully saturated rings. The molecule has 3 aromatic carbocycles. The number of nitrogens with zero attached hydrogens (tertiary/aromatic N) is 2. The molecule has 0 bridgehead atoms. The van der Waals surface area contributed by atoms with Crippen molar-refractivity contribution in [2.45, 2.75) is 18.7 Å². The Kier molecular flexibility index (Phi) is 7.66. The number of hydrogen-bond donors (Lipinski definition) is 0. The molecule has 38 heavy (non-hydrogen) atoms. The Morgan fingerprint density at radius 3 is 2.50 bits per heavy atom. The van der Waals surface area contributed by atoms with Gasteiger partial charge < -0.3 is 9.30 Å². The second kappa shape index (κ2) is 10.6. The number of benzene rings is 3. The minimum atomic E-state index is -4.32. The zero-order valence-electron chi connectivity index (χ0n) is 20.9. The fourth-order valence-electron chi connectivity index (χ4n) is 4.37. The van der Waals surface area contributed by atoms with Gasteiger partial charge in [-0.25, -0.2) is 17.2 Å². The summed E-state index contributed by atoms with van der Waals surface area (Å²) in [4.78, 5) is 13.4. The van der Waals surface area contributed by atoms with E-state index in [4.69, 9.17) is 21.6 Å². The highest BCUT2D eigenvalue weighted by Crippen LogP contribution is 2.45. The van der Waals surface area contributed by atoms with Crippen molar-refractivity contribution in [2.75, 3.05) is 13.3 Å². The molecule has 4 rings (SSSR count). The number of hydrogen-bond acceptors (Lipinski definition) is 6. The maximum Gasteiger partial charge on any atom is 0.356 e. The third-order valence-electron chi connectivity index (χ3n) is 5.96. The van der Waals surface area contributed by atoms with Crippen molar-refractivity contribution in [3.05, 3.63) is 94.6 Å². The lowest BCUT2D eigenvalue weighted by molar-refractivity contribution is 0.0520. The van der Waals surface area contributed by atoms with Crippen LogP contribution in [0.25, 0.3) is 17.0 Å². The monoisotopic (exact) mass is 566 g/mol. The molecule has 0 spiro atoms. The number of aromatic nitrogens is 1. The van der Waals surface area contributed by atoms with Crippen LogP contribution < -0.4 is 10.6 Å². The third-order valence-corrected chi connectivity index (χ3v) is 10.5. The van der Waals surface area contributed by atoms with Crippen molar-refractivity contribution in [2.24, 2.45) is 0 Å². The Labute approximate surface area is 226 Å². The van der Waals surface area contributed by atoms with E-state index < -0.39 is 23.1 Å². The highest BCUT2D eigenvalue weighted by Gasteiger charge is 2.38. The Morgan fingerprint density at radius 1 is 1.13 bits per heavy atom. The van der Waals surface area contributed by atoms with E-state index in [1.807, 2.05) is 19.1 Å². The first kappa shape index (κ1) is 27.4. The van der Waals surface area contributed by atoms with Crippen molar-refractivity contribution in [1.29, 1.82) is 5.26 Å². The highest BCUT2D eigenvalue weighted by atomic mass is 35.5. The average Bonchev–Trinajstić information content (AvgIpc) is 3.24. The van der Waals surface area contributed by atoms with Gasteiger partial charge in [-0.1, -0.05) is 35.9 Å². The van der Waals surface area contributed by atoms with Gasteiger partial charge in [0.25, 0.3) is 10.0 Å². The molecule has 0 amide bonds. The first-order valence-corrected chi connectivity index (χ1v) is 15.6. The first-order valence-electron chi connectivity index (χ1n) is 11.6. The van der Waals surface area contributed by atoms with E-state index in [9.17, 15) is 17.8 Å². The Balaban J connectivity index is 2.16. The van der Waals surface area contributed by atoms with Crippen LogP contribution in [0, 0.1) is 18.3 Å². The van der Waals surface area contributed by atoms with Crippen LogP contribution in [0.5, 0.6) is 0 Å². The zero-order valence-corrected chi connectivity index (χ0v) is 23.3. The van der Waals surface area contributed by atoms with Crippen LogP contribution >= 0.6 is 18.7 Å².